The van der Waals surface area contributed by atoms with Gasteiger partial charge in [0, 0.05) is 0 Å². The maximum atomic E-state index is 2.46. The SMILES string of the molecule is CC.CC1C2CC(C1C)C(C)(C)C2. The van der Waals surface area contributed by atoms with Gasteiger partial charge in [0.2, 0.25) is 0 Å². The van der Waals surface area contributed by atoms with Gasteiger partial charge < -0.3 is 0 Å². The second-order valence-electron chi connectivity index (χ2n) is 5.51. The normalized spacial score (nSPS) is 45.7. The van der Waals surface area contributed by atoms with Crippen LogP contribution < -0.4 is 0 Å². The summed E-state index contributed by atoms with van der Waals surface area (Å²) in [5, 5.41) is 0. The van der Waals surface area contributed by atoms with Crippen LogP contribution in [0.5, 0.6) is 0 Å². The molecule has 2 aliphatic carbocycles. The first-order valence-electron chi connectivity index (χ1n) is 6.02. The highest BCUT2D eigenvalue weighted by atomic mass is 14.6. The molecule has 13 heavy (non-hydrogen) atoms. The second kappa shape index (κ2) is 3.63. The molecule has 0 amide bonds. The van der Waals surface area contributed by atoms with E-state index < -0.39 is 0 Å². The minimum atomic E-state index is 0.663. The van der Waals surface area contributed by atoms with Crippen molar-refractivity contribution in [2.24, 2.45) is 29.1 Å². The van der Waals surface area contributed by atoms with Crippen LogP contribution >= 0.6 is 0 Å². The first-order chi connectivity index (χ1) is 6.02. The molecule has 0 aromatic heterocycles. The lowest BCUT2D eigenvalue weighted by Gasteiger charge is -2.37. The van der Waals surface area contributed by atoms with Gasteiger partial charge in [0.25, 0.3) is 0 Å². The van der Waals surface area contributed by atoms with Crippen molar-refractivity contribution >= 4 is 0 Å². The predicted molar refractivity (Wildman–Crippen MR) is 59.7 cm³/mol. The van der Waals surface area contributed by atoms with Gasteiger partial charge in [-0.2, -0.15) is 0 Å². The van der Waals surface area contributed by atoms with Crippen molar-refractivity contribution < 1.29 is 0 Å². The number of hydrogen-bond acceptors (Lipinski definition) is 0. The van der Waals surface area contributed by atoms with Gasteiger partial charge in [0.15, 0.2) is 0 Å². The fourth-order valence-corrected chi connectivity index (χ4v) is 3.68. The molecule has 78 valence electrons. The van der Waals surface area contributed by atoms with E-state index in [1.807, 2.05) is 13.8 Å². The van der Waals surface area contributed by atoms with E-state index in [0.29, 0.717) is 5.41 Å². The molecule has 4 atom stereocenters. The van der Waals surface area contributed by atoms with Gasteiger partial charge in [-0.25, -0.2) is 0 Å². The van der Waals surface area contributed by atoms with Gasteiger partial charge in [0.1, 0.15) is 0 Å². The Labute approximate surface area is 84.1 Å². The molecule has 0 heterocycles. The third-order valence-electron chi connectivity index (χ3n) is 4.56. The van der Waals surface area contributed by atoms with Gasteiger partial charge in [-0.1, -0.05) is 41.5 Å². The highest BCUT2D eigenvalue weighted by Gasteiger charge is 2.52. The van der Waals surface area contributed by atoms with Crippen LogP contribution in [-0.2, 0) is 0 Å². The molecule has 0 saturated heterocycles. The smallest absolute Gasteiger partial charge is 0.0320 e. The predicted octanol–water partition coefficient (Wildman–Crippen LogP) is 4.35. The Bertz CT molecular complexity index is 167. The van der Waals surface area contributed by atoms with E-state index in [2.05, 4.69) is 27.7 Å². The minimum absolute atomic E-state index is 0.663. The summed E-state index contributed by atoms with van der Waals surface area (Å²) in [6.45, 7) is 13.8. The molecule has 0 nitrogen and oxygen atoms in total. The first-order valence-corrected chi connectivity index (χ1v) is 6.02. The number of hydrogen-bond donors (Lipinski definition) is 0. The van der Waals surface area contributed by atoms with Crippen molar-refractivity contribution in [3.63, 3.8) is 0 Å². The zero-order valence-electron chi connectivity index (χ0n) is 10.2. The van der Waals surface area contributed by atoms with Crippen LogP contribution in [0.25, 0.3) is 0 Å². The third kappa shape index (κ3) is 1.65. The summed E-state index contributed by atoms with van der Waals surface area (Å²) in [4.78, 5) is 0. The summed E-state index contributed by atoms with van der Waals surface area (Å²) in [5.74, 6) is 4.09. The monoisotopic (exact) mass is 182 g/mol. The van der Waals surface area contributed by atoms with Crippen LogP contribution in [0, 0.1) is 29.1 Å². The highest BCUT2D eigenvalue weighted by molar-refractivity contribution is 5.01. The standard InChI is InChI=1S/C11H20.C2H6/c1-7-8(2)10-5-9(7)6-11(10,3)4;1-2/h7-10H,5-6H2,1-4H3;1-2H3. The molecule has 4 unspecified atom stereocenters. The maximum Gasteiger partial charge on any atom is -0.0320 e. The first kappa shape index (κ1) is 11.1. The zero-order valence-corrected chi connectivity index (χ0v) is 10.2. The highest BCUT2D eigenvalue weighted by Crippen LogP contribution is 2.60. The Balaban J connectivity index is 0.000000396. The summed E-state index contributed by atoms with van der Waals surface area (Å²) in [6, 6.07) is 0. The van der Waals surface area contributed by atoms with E-state index in [-0.39, 0.29) is 0 Å². The minimum Gasteiger partial charge on any atom is -0.0683 e. The van der Waals surface area contributed by atoms with E-state index in [4.69, 9.17) is 0 Å². The van der Waals surface area contributed by atoms with Crippen LogP contribution in [-0.4, -0.2) is 0 Å². The van der Waals surface area contributed by atoms with Crippen molar-refractivity contribution in [3.05, 3.63) is 0 Å². The molecule has 0 aliphatic heterocycles. The lowest BCUT2D eigenvalue weighted by Crippen LogP contribution is -2.30. The molecule has 2 aliphatic rings. The Morgan fingerprint density at radius 1 is 1.00 bits per heavy atom. The second-order valence-corrected chi connectivity index (χ2v) is 5.51. The summed E-state index contributed by atoms with van der Waals surface area (Å²) >= 11 is 0. The molecule has 0 spiro atoms. The van der Waals surface area contributed by atoms with E-state index in [1.165, 1.54) is 12.8 Å². The van der Waals surface area contributed by atoms with Crippen LogP contribution in [0.4, 0.5) is 0 Å². The molecular weight excluding hydrogens is 156 g/mol. The van der Waals surface area contributed by atoms with Gasteiger partial charge in [-0.05, 0) is 41.9 Å². The molecular formula is C13H26. The third-order valence-corrected chi connectivity index (χ3v) is 4.56. The number of rotatable bonds is 0. The molecule has 2 bridgehead atoms. The van der Waals surface area contributed by atoms with Crippen molar-refractivity contribution in [2.75, 3.05) is 0 Å². The molecule has 0 radical (unpaired) electrons. The van der Waals surface area contributed by atoms with Gasteiger partial charge in [0.05, 0.1) is 0 Å². The average Bonchev–Trinajstić information content (AvgIpc) is 2.53. The molecule has 0 heteroatoms. The van der Waals surface area contributed by atoms with Crippen LogP contribution in [0.1, 0.15) is 54.4 Å². The lowest BCUT2D eigenvalue weighted by molar-refractivity contribution is 0.118. The van der Waals surface area contributed by atoms with Crippen molar-refractivity contribution in [1.82, 2.24) is 0 Å². The van der Waals surface area contributed by atoms with Crippen molar-refractivity contribution in [1.29, 1.82) is 0 Å². The Hall–Kier alpha value is 0. The Morgan fingerprint density at radius 2 is 1.54 bits per heavy atom. The Kier molecular flexibility index (Phi) is 3.09. The van der Waals surface area contributed by atoms with E-state index >= 15 is 0 Å². The van der Waals surface area contributed by atoms with Gasteiger partial charge >= 0.3 is 0 Å². The lowest BCUT2D eigenvalue weighted by atomic mass is 9.68. The maximum absolute atomic E-state index is 2.46. The zero-order chi connectivity index (χ0) is 10.2. The number of fused-ring (bicyclic) bond motifs is 2. The molecule has 0 N–H and O–H groups in total. The summed E-state index contributed by atoms with van der Waals surface area (Å²) in [6.07, 6.45) is 3.01. The molecule has 2 fully saturated rings. The largest absolute Gasteiger partial charge is 0.0683 e. The topological polar surface area (TPSA) is 0 Å². The van der Waals surface area contributed by atoms with Gasteiger partial charge in [-0.15, -0.1) is 0 Å². The van der Waals surface area contributed by atoms with E-state index in [1.54, 1.807) is 0 Å². The molecule has 0 aromatic rings. The molecule has 2 rings (SSSR count). The molecule has 2 saturated carbocycles. The fourth-order valence-electron chi connectivity index (χ4n) is 3.68. The summed E-state index contributed by atoms with van der Waals surface area (Å²) in [7, 11) is 0. The van der Waals surface area contributed by atoms with Crippen molar-refractivity contribution in [2.45, 2.75) is 54.4 Å². The van der Waals surface area contributed by atoms with Crippen LogP contribution in [0.2, 0.25) is 0 Å². The van der Waals surface area contributed by atoms with E-state index in [9.17, 15) is 0 Å². The molecule has 0 aromatic carbocycles. The average molecular weight is 182 g/mol. The fraction of sp³-hybridized carbons (Fsp3) is 1.00. The van der Waals surface area contributed by atoms with Crippen LogP contribution in [0.3, 0.4) is 0 Å². The van der Waals surface area contributed by atoms with E-state index in [0.717, 1.165) is 23.7 Å². The van der Waals surface area contributed by atoms with Crippen LogP contribution in [0.15, 0.2) is 0 Å². The Morgan fingerprint density at radius 3 is 1.85 bits per heavy atom. The summed E-state index contributed by atoms with van der Waals surface area (Å²) < 4.78 is 0. The summed E-state index contributed by atoms with van der Waals surface area (Å²) in [5.41, 5.74) is 0.663. The quantitative estimate of drug-likeness (QED) is 0.522. The van der Waals surface area contributed by atoms with Gasteiger partial charge in [-0.3, -0.25) is 0 Å². The van der Waals surface area contributed by atoms with Crippen molar-refractivity contribution in [3.8, 4) is 0 Å².